The molecule has 0 spiro atoms. The van der Waals surface area contributed by atoms with Gasteiger partial charge in [-0.3, -0.25) is 0 Å². The Kier molecular flexibility index (Phi) is 3.16. The number of aromatic nitrogens is 2. The van der Waals surface area contributed by atoms with Crippen LogP contribution >= 0.6 is 0 Å². The first-order chi connectivity index (χ1) is 10.3. The maximum Gasteiger partial charge on any atom is 0.124 e. The predicted molar refractivity (Wildman–Crippen MR) is 81.1 cm³/mol. The molecule has 0 radical (unpaired) electrons. The molecule has 0 saturated heterocycles. The second-order valence-electron chi connectivity index (χ2n) is 6.00. The molecular formula is C16H20N4O. The highest BCUT2D eigenvalue weighted by atomic mass is 16.3. The third-order valence-electron chi connectivity index (χ3n) is 4.55. The molecule has 2 aromatic rings. The second kappa shape index (κ2) is 5.16. The zero-order valence-corrected chi connectivity index (χ0v) is 11.9. The Hall–Kier alpha value is -1.85. The van der Waals surface area contributed by atoms with Crippen molar-refractivity contribution in [1.29, 1.82) is 0 Å². The van der Waals surface area contributed by atoms with Gasteiger partial charge in [0, 0.05) is 38.0 Å². The van der Waals surface area contributed by atoms with Gasteiger partial charge in [-0.25, -0.2) is 4.68 Å². The number of benzene rings is 1. The molecule has 0 amide bonds. The van der Waals surface area contributed by atoms with Crippen molar-refractivity contribution in [3.63, 3.8) is 0 Å². The van der Waals surface area contributed by atoms with Gasteiger partial charge in [-0.1, -0.05) is 24.3 Å². The third-order valence-corrected chi connectivity index (χ3v) is 4.55. The summed E-state index contributed by atoms with van der Waals surface area (Å²) in [6.45, 7) is 2.75. The SMILES string of the molecule is O[C@H]1Cc2ccccc2[C@H]1NC[C@H]1CNc2ccnn2C1. The predicted octanol–water partition coefficient (Wildman–Crippen LogP) is 1.17. The van der Waals surface area contributed by atoms with Gasteiger partial charge in [-0.15, -0.1) is 0 Å². The molecule has 2 aliphatic rings. The molecule has 5 heteroatoms. The number of rotatable bonds is 3. The molecule has 21 heavy (non-hydrogen) atoms. The van der Waals surface area contributed by atoms with Crippen LogP contribution in [-0.4, -0.2) is 34.1 Å². The summed E-state index contributed by atoms with van der Waals surface area (Å²) in [6.07, 6.45) is 2.26. The largest absolute Gasteiger partial charge is 0.391 e. The van der Waals surface area contributed by atoms with Gasteiger partial charge in [0.1, 0.15) is 5.82 Å². The number of hydrogen-bond donors (Lipinski definition) is 3. The summed E-state index contributed by atoms with van der Waals surface area (Å²) in [5.41, 5.74) is 2.51. The molecule has 4 rings (SSSR count). The highest BCUT2D eigenvalue weighted by Crippen LogP contribution is 2.31. The summed E-state index contributed by atoms with van der Waals surface area (Å²) in [4.78, 5) is 0. The van der Waals surface area contributed by atoms with Gasteiger partial charge >= 0.3 is 0 Å². The van der Waals surface area contributed by atoms with Crippen molar-refractivity contribution in [3.05, 3.63) is 47.7 Å². The molecular weight excluding hydrogens is 264 g/mol. The van der Waals surface area contributed by atoms with Crippen LogP contribution in [0.3, 0.4) is 0 Å². The second-order valence-corrected chi connectivity index (χ2v) is 6.00. The van der Waals surface area contributed by atoms with E-state index in [1.54, 1.807) is 0 Å². The van der Waals surface area contributed by atoms with Gasteiger partial charge < -0.3 is 15.7 Å². The van der Waals surface area contributed by atoms with E-state index in [2.05, 4.69) is 27.9 Å². The van der Waals surface area contributed by atoms with Crippen LogP contribution in [0.4, 0.5) is 5.82 Å². The van der Waals surface area contributed by atoms with Crippen molar-refractivity contribution >= 4 is 5.82 Å². The van der Waals surface area contributed by atoms with E-state index >= 15 is 0 Å². The molecule has 0 fully saturated rings. The van der Waals surface area contributed by atoms with E-state index in [-0.39, 0.29) is 12.1 Å². The number of aliphatic hydroxyl groups excluding tert-OH is 1. The minimum atomic E-state index is -0.320. The van der Waals surface area contributed by atoms with Gasteiger partial charge in [-0.2, -0.15) is 5.10 Å². The molecule has 1 aromatic carbocycles. The van der Waals surface area contributed by atoms with Crippen LogP contribution in [0.1, 0.15) is 17.2 Å². The molecule has 1 aliphatic heterocycles. The fraction of sp³-hybridized carbons (Fsp3) is 0.438. The first-order valence-corrected chi connectivity index (χ1v) is 7.56. The van der Waals surface area contributed by atoms with Crippen molar-refractivity contribution in [2.24, 2.45) is 5.92 Å². The number of nitrogens with zero attached hydrogens (tertiary/aromatic N) is 2. The zero-order valence-electron chi connectivity index (χ0n) is 11.9. The van der Waals surface area contributed by atoms with Gasteiger partial charge in [0.25, 0.3) is 0 Å². The Morgan fingerprint density at radius 3 is 3.19 bits per heavy atom. The summed E-state index contributed by atoms with van der Waals surface area (Å²) < 4.78 is 2.01. The highest BCUT2D eigenvalue weighted by molar-refractivity contribution is 5.37. The Morgan fingerprint density at radius 2 is 2.24 bits per heavy atom. The minimum Gasteiger partial charge on any atom is -0.391 e. The molecule has 110 valence electrons. The number of nitrogens with one attached hydrogen (secondary N) is 2. The molecule has 0 unspecified atom stereocenters. The third kappa shape index (κ3) is 2.32. The Labute approximate surface area is 124 Å². The average Bonchev–Trinajstić information content (AvgIpc) is 3.08. The quantitative estimate of drug-likeness (QED) is 0.792. The fourth-order valence-electron chi connectivity index (χ4n) is 3.44. The summed E-state index contributed by atoms with van der Waals surface area (Å²) >= 11 is 0. The zero-order chi connectivity index (χ0) is 14.2. The standard InChI is InChI=1S/C16H20N4O/c21-14-7-12-3-1-2-4-13(12)16(14)18-9-11-8-17-15-5-6-19-20(15)10-11/h1-6,11,14,16-18,21H,7-10H2/t11-,14+,16-/m1/s1. The van der Waals surface area contributed by atoms with E-state index < -0.39 is 0 Å². The van der Waals surface area contributed by atoms with Crippen molar-refractivity contribution in [2.75, 3.05) is 18.4 Å². The van der Waals surface area contributed by atoms with Crippen LogP contribution in [0, 0.1) is 5.92 Å². The molecule has 1 aromatic heterocycles. The fourth-order valence-corrected chi connectivity index (χ4v) is 3.44. The lowest BCUT2D eigenvalue weighted by atomic mass is 10.0. The van der Waals surface area contributed by atoms with E-state index in [1.807, 2.05) is 29.1 Å². The minimum absolute atomic E-state index is 0.0558. The topological polar surface area (TPSA) is 62.1 Å². The molecule has 0 bridgehead atoms. The van der Waals surface area contributed by atoms with Crippen LogP contribution < -0.4 is 10.6 Å². The number of hydrogen-bond acceptors (Lipinski definition) is 4. The van der Waals surface area contributed by atoms with Crippen LogP contribution in [0.15, 0.2) is 36.5 Å². The van der Waals surface area contributed by atoms with Gasteiger partial charge in [0.15, 0.2) is 0 Å². The van der Waals surface area contributed by atoms with Crippen LogP contribution in [0.5, 0.6) is 0 Å². The first-order valence-electron chi connectivity index (χ1n) is 7.56. The molecule has 5 nitrogen and oxygen atoms in total. The summed E-state index contributed by atoms with van der Waals surface area (Å²) in [6, 6.07) is 10.4. The van der Waals surface area contributed by atoms with Crippen LogP contribution in [-0.2, 0) is 13.0 Å². The lowest BCUT2D eigenvalue weighted by Gasteiger charge is -2.27. The van der Waals surface area contributed by atoms with Gasteiger partial charge in [0.2, 0.25) is 0 Å². The molecule has 3 atom stereocenters. The van der Waals surface area contributed by atoms with Gasteiger partial charge in [-0.05, 0) is 11.1 Å². The van der Waals surface area contributed by atoms with Crippen molar-refractivity contribution < 1.29 is 5.11 Å². The average molecular weight is 284 g/mol. The van der Waals surface area contributed by atoms with Crippen molar-refractivity contribution in [1.82, 2.24) is 15.1 Å². The van der Waals surface area contributed by atoms with E-state index in [1.165, 1.54) is 11.1 Å². The van der Waals surface area contributed by atoms with E-state index in [0.29, 0.717) is 5.92 Å². The Morgan fingerprint density at radius 1 is 1.33 bits per heavy atom. The lowest BCUT2D eigenvalue weighted by molar-refractivity contribution is 0.138. The summed E-state index contributed by atoms with van der Waals surface area (Å²) in [5.74, 6) is 1.58. The van der Waals surface area contributed by atoms with Crippen LogP contribution in [0.25, 0.3) is 0 Å². The lowest BCUT2D eigenvalue weighted by Crippen LogP contribution is -2.38. The first kappa shape index (κ1) is 12.9. The monoisotopic (exact) mass is 284 g/mol. The molecule has 0 saturated carbocycles. The smallest absolute Gasteiger partial charge is 0.124 e. The van der Waals surface area contributed by atoms with E-state index in [0.717, 1.165) is 31.9 Å². The Bertz CT molecular complexity index is 639. The van der Waals surface area contributed by atoms with E-state index in [9.17, 15) is 5.11 Å². The number of aliphatic hydroxyl groups is 1. The molecule has 2 heterocycles. The highest BCUT2D eigenvalue weighted by Gasteiger charge is 2.31. The van der Waals surface area contributed by atoms with Crippen molar-refractivity contribution in [3.8, 4) is 0 Å². The van der Waals surface area contributed by atoms with Crippen LogP contribution in [0.2, 0.25) is 0 Å². The summed E-state index contributed by atoms with van der Waals surface area (Å²) in [7, 11) is 0. The molecule has 3 N–H and O–H groups in total. The molecule has 1 aliphatic carbocycles. The summed E-state index contributed by atoms with van der Waals surface area (Å²) in [5, 5.41) is 21.5. The Balaban J connectivity index is 1.42. The normalized spacial score (nSPS) is 27.0. The maximum absolute atomic E-state index is 10.3. The van der Waals surface area contributed by atoms with E-state index in [4.69, 9.17) is 0 Å². The van der Waals surface area contributed by atoms with Crippen molar-refractivity contribution in [2.45, 2.75) is 25.1 Å². The maximum atomic E-state index is 10.3. The van der Waals surface area contributed by atoms with Gasteiger partial charge in [0.05, 0.1) is 18.3 Å². The number of anilines is 1. The number of fused-ring (bicyclic) bond motifs is 2.